The van der Waals surface area contributed by atoms with Crippen LogP contribution in [0.1, 0.15) is 13.8 Å². The summed E-state index contributed by atoms with van der Waals surface area (Å²) in [5.41, 5.74) is 3.26. The minimum Gasteiger partial charge on any atom is -0.347 e. The number of rotatable bonds is 6. The molecule has 8 heteroatoms. The largest absolute Gasteiger partial charge is 0.397 e. The molecule has 0 fully saturated rings. The van der Waals surface area contributed by atoms with E-state index in [1.165, 1.54) is 0 Å². The number of hydrogen-bond acceptors (Lipinski definition) is 6. The molecule has 0 unspecified atom stereocenters. The predicted octanol–water partition coefficient (Wildman–Crippen LogP) is 1.31. The molecule has 0 saturated heterocycles. The lowest BCUT2D eigenvalue weighted by molar-refractivity contribution is 0.239. The summed E-state index contributed by atoms with van der Waals surface area (Å²) in [5, 5.41) is 9.28. The zero-order valence-electron chi connectivity index (χ0n) is 13.2. The summed E-state index contributed by atoms with van der Waals surface area (Å²) in [6, 6.07) is 2.22. The van der Waals surface area contributed by atoms with E-state index < -0.39 is 10.4 Å². The van der Waals surface area contributed by atoms with Gasteiger partial charge in [0.2, 0.25) is 0 Å². The lowest BCUT2D eigenvalue weighted by Crippen LogP contribution is -2.27. The van der Waals surface area contributed by atoms with Gasteiger partial charge in [-0.05, 0) is 45.7 Å². The Balaban J connectivity index is 2.90. The molecule has 22 heavy (non-hydrogen) atoms. The van der Waals surface area contributed by atoms with Gasteiger partial charge in [0.15, 0.2) is 0 Å². The van der Waals surface area contributed by atoms with Crippen molar-refractivity contribution in [3.8, 4) is 6.07 Å². The van der Waals surface area contributed by atoms with Crippen LogP contribution in [0.5, 0.6) is 0 Å². The third-order valence-corrected chi connectivity index (χ3v) is 3.55. The molecule has 0 atom stereocenters. The van der Waals surface area contributed by atoms with Crippen molar-refractivity contribution in [2.45, 2.75) is 13.8 Å². The molecular weight excluding hydrogens is 306 g/mol. The Labute approximate surface area is 131 Å². The van der Waals surface area contributed by atoms with E-state index in [9.17, 15) is 13.7 Å². The molecule has 0 spiro atoms. The van der Waals surface area contributed by atoms with E-state index in [2.05, 4.69) is 10.3 Å². The van der Waals surface area contributed by atoms with Gasteiger partial charge in [-0.2, -0.15) is 13.7 Å². The van der Waals surface area contributed by atoms with Crippen LogP contribution < -0.4 is 0 Å². The van der Waals surface area contributed by atoms with Crippen molar-refractivity contribution in [3.05, 3.63) is 34.7 Å². The van der Waals surface area contributed by atoms with E-state index in [-0.39, 0.29) is 13.2 Å². The lowest BCUT2D eigenvalue weighted by atomic mass is 10.0. The Morgan fingerprint density at radius 2 is 1.91 bits per heavy atom. The summed E-state index contributed by atoms with van der Waals surface area (Å²) in [4.78, 5) is 3.78. The second-order valence-electron chi connectivity index (χ2n) is 5.26. The van der Waals surface area contributed by atoms with Gasteiger partial charge in [0.1, 0.15) is 0 Å². The summed E-state index contributed by atoms with van der Waals surface area (Å²) >= 11 is 0. The van der Waals surface area contributed by atoms with Gasteiger partial charge in [0.05, 0.1) is 18.2 Å². The smallest absolute Gasteiger partial charge is 0.347 e. The molecule has 1 rings (SSSR count). The maximum absolute atomic E-state index is 10.6. The Morgan fingerprint density at radius 3 is 2.32 bits per heavy atom. The summed E-state index contributed by atoms with van der Waals surface area (Å²) in [7, 11) is -0.634. The van der Waals surface area contributed by atoms with Crippen molar-refractivity contribution in [2.24, 2.45) is 0 Å². The van der Waals surface area contributed by atoms with Gasteiger partial charge in [0, 0.05) is 24.5 Å². The van der Waals surface area contributed by atoms with Crippen LogP contribution in [0.2, 0.25) is 0 Å². The van der Waals surface area contributed by atoms with Crippen LogP contribution in [0, 0.1) is 11.3 Å². The average molecular weight is 327 g/mol. The highest BCUT2D eigenvalue weighted by molar-refractivity contribution is 7.80. The number of nitrogens with zero attached hydrogens (tertiary/aromatic N) is 3. The molecule has 1 N–H and O–H groups in total. The Bertz CT molecular complexity index is 632. The maximum Gasteiger partial charge on any atom is 0.397 e. The van der Waals surface area contributed by atoms with E-state index in [1.54, 1.807) is 0 Å². The summed E-state index contributed by atoms with van der Waals surface area (Å²) in [6.07, 6.45) is 3.75. The first-order valence-corrected chi connectivity index (χ1v) is 8.04. The molecule has 1 aliphatic heterocycles. The van der Waals surface area contributed by atoms with E-state index >= 15 is 0 Å². The topological polar surface area (TPSA) is 93.9 Å². The van der Waals surface area contributed by atoms with E-state index in [4.69, 9.17) is 4.55 Å². The molecule has 0 aromatic carbocycles. The first kappa shape index (κ1) is 18.4. The third kappa shape index (κ3) is 5.61. The van der Waals surface area contributed by atoms with Crippen LogP contribution >= 0.6 is 0 Å². The second kappa shape index (κ2) is 7.56. The van der Waals surface area contributed by atoms with E-state index in [0.717, 1.165) is 17.0 Å². The van der Waals surface area contributed by atoms with Crippen LogP contribution in [0.4, 0.5) is 0 Å². The summed E-state index contributed by atoms with van der Waals surface area (Å²) in [6.45, 7) is 4.42. The zero-order chi connectivity index (χ0) is 16.9. The van der Waals surface area contributed by atoms with Gasteiger partial charge in [-0.25, -0.2) is 4.18 Å². The molecule has 0 bridgehead atoms. The van der Waals surface area contributed by atoms with Crippen molar-refractivity contribution >= 4 is 10.4 Å². The van der Waals surface area contributed by atoms with Gasteiger partial charge < -0.3 is 9.80 Å². The van der Waals surface area contributed by atoms with Crippen LogP contribution in [0.15, 0.2) is 34.7 Å². The first-order valence-electron chi connectivity index (χ1n) is 6.68. The first-order chi connectivity index (χ1) is 10.1. The molecule has 0 aliphatic carbocycles. The summed E-state index contributed by atoms with van der Waals surface area (Å²) in [5.74, 6) is 0. The molecule has 0 saturated carbocycles. The zero-order valence-corrected chi connectivity index (χ0v) is 14.0. The fraction of sp³-hybridized carbons (Fsp3) is 0.500. The molecule has 0 aromatic heterocycles. The molecule has 1 heterocycles. The third-order valence-electron chi connectivity index (χ3n) is 3.09. The highest BCUT2D eigenvalue weighted by Gasteiger charge is 2.17. The standard InChI is InChI=1S/C14H21N3O4S/c1-11-7-13(14(9-15)10-16(3)4)8-12(2)17(11)5-6-21-22(18,19)20/h7-8H,5-6,10H2,1-4H3,(H,18,19,20). The number of allylic oxidation sites excluding steroid dienone is 5. The number of hydrogen-bond donors (Lipinski definition) is 1. The van der Waals surface area contributed by atoms with E-state index in [1.807, 2.05) is 49.9 Å². The van der Waals surface area contributed by atoms with E-state index in [0.29, 0.717) is 12.1 Å². The van der Waals surface area contributed by atoms with Gasteiger partial charge in [-0.3, -0.25) is 4.55 Å². The number of nitriles is 1. The maximum atomic E-state index is 10.6. The minimum absolute atomic E-state index is 0.156. The van der Waals surface area contributed by atoms with Crippen LogP contribution in [0.25, 0.3) is 0 Å². The molecule has 7 nitrogen and oxygen atoms in total. The number of likely N-dealkylation sites (N-methyl/N-ethyl adjacent to an activating group) is 1. The molecule has 0 amide bonds. The molecule has 1 aliphatic rings. The molecule has 122 valence electrons. The molecule has 0 radical (unpaired) electrons. The molecular formula is C14H21N3O4S. The Morgan fingerprint density at radius 1 is 1.36 bits per heavy atom. The predicted molar refractivity (Wildman–Crippen MR) is 82.9 cm³/mol. The lowest BCUT2D eigenvalue weighted by Gasteiger charge is -2.29. The van der Waals surface area contributed by atoms with Crippen molar-refractivity contribution < 1.29 is 17.2 Å². The highest BCUT2D eigenvalue weighted by Crippen LogP contribution is 2.24. The second-order valence-corrected chi connectivity index (χ2v) is 6.35. The van der Waals surface area contributed by atoms with Gasteiger partial charge in [-0.15, -0.1) is 0 Å². The van der Waals surface area contributed by atoms with Gasteiger partial charge in [0.25, 0.3) is 0 Å². The average Bonchev–Trinajstić information content (AvgIpc) is 2.37. The fourth-order valence-corrected chi connectivity index (χ4v) is 2.48. The van der Waals surface area contributed by atoms with Crippen LogP contribution in [-0.4, -0.2) is 56.6 Å². The van der Waals surface area contributed by atoms with Crippen molar-refractivity contribution in [2.75, 3.05) is 33.8 Å². The Kier molecular flexibility index (Phi) is 6.32. The highest BCUT2D eigenvalue weighted by atomic mass is 32.3. The SMILES string of the molecule is CC1=CC(=C(C#N)CN(C)C)C=C(C)N1CCOS(=O)(=O)O. The summed E-state index contributed by atoms with van der Waals surface area (Å²) < 4.78 is 34.0. The van der Waals surface area contributed by atoms with Crippen molar-refractivity contribution in [1.82, 2.24) is 9.80 Å². The minimum atomic E-state index is -4.43. The van der Waals surface area contributed by atoms with Gasteiger partial charge >= 0.3 is 10.4 Å². The monoisotopic (exact) mass is 327 g/mol. The van der Waals surface area contributed by atoms with Crippen molar-refractivity contribution in [1.29, 1.82) is 5.26 Å². The van der Waals surface area contributed by atoms with Crippen LogP contribution in [0.3, 0.4) is 0 Å². The van der Waals surface area contributed by atoms with Crippen molar-refractivity contribution in [3.63, 3.8) is 0 Å². The Hall–Kier alpha value is -1.66. The molecule has 0 aromatic rings. The van der Waals surface area contributed by atoms with Crippen LogP contribution in [-0.2, 0) is 14.6 Å². The fourth-order valence-electron chi connectivity index (χ4n) is 2.19. The normalized spacial score (nSPS) is 15.5. The van der Waals surface area contributed by atoms with Gasteiger partial charge in [-0.1, -0.05) is 0 Å². The quantitative estimate of drug-likeness (QED) is 0.580.